The van der Waals surface area contributed by atoms with Gasteiger partial charge in [-0.3, -0.25) is 4.79 Å². The fourth-order valence-electron chi connectivity index (χ4n) is 1.30. The quantitative estimate of drug-likeness (QED) is 0.446. The van der Waals surface area contributed by atoms with Gasteiger partial charge in [0.15, 0.2) is 6.23 Å². The predicted octanol–water partition coefficient (Wildman–Crippen LogP) is 0.623. The Morgan fingerprint density at radius 2 is 2.19 bits per heavy atom. The van der Waals surface area contributed by atoms with Gasteiger partial charge in [-0.25, -0.2) is 0 Å². The SMILES string of the molecule is COc1ccc(NC(C)=O)cc1C(O)NO. The highest BCUT2D eigenvalue weighted by Gasteiger charge is 2.13. The third kappa shape index (κ3) is 2.93. The summed E-state index contributed by atoms with van der Waals surface area (Å²) in [7, 11) is 1.45. The molecule has 0 spiro atoms. The summed E-state index contributed by atoms with van der Waals surface area (Å²) in [6, 6.07) is 4.73. The number of hydrogen-bond acceptors (Lipinski definition) is 5. The molecule has 1 aromatic carbocycles. The number of hydrogen-bond donors (Lipinski definition) is 4. The lowest BCUT2D eigenvalue weighted by Gasteiger charge is -2.14. The van der Waals surface area contributed by atoms with Crippen molar-refractivity contribution in [2.24, 2.45) is 0 Å². The molecule has 1 unspecified atom stereocenters. The highest BCUT2D eigenvalue weighted by atomic mass is 16.5. The van der Waals surface area contributed by atoms with E-state index in [4.69, 9.17) is 9.94 Å². The molecule has 16 heavy (non-hydrogen) atoms. The maximum atomic E-state index is 10.8. The van der Waals surface area contributed by atoms with E-state index >= 15 is 0 Å². The van der Waals surface area contributed by atoms with Gasteiger partial charge in [0.1, 0.15) is 5.75 Å². The van der Waals surface area contributed by atoms with Gasteiger partial charge in [0.25, 0.3) is 0 Å². The van der Waals surface area contributed by atoms with Gasteiger partial charge in [-0.1, -0.05) is 0 Å². The van der Waals surface area contributed by atoms with Gasteiger partial charge >= 0.3 is 0 Å². The smallest absolute Gasteiger partial charge is 0.221 e. The van der Waals surface area contributed by atoms with Crippen molar-refractivity contribution in [3.63, 3.8) is 0 Å². The number of aliphatic hydroxyl groups excluding tert-OH is 1. The summed E-state index contributed by atoms with van der Waals surface area (Å²) in [6.45, 7) is 1.38. The first-order valence-electron chi connectivity index (χ1n) is 4.61. The number of aliphatic hydroxyl groups is 1. The standard InChI is InChI=1S/C10H14N2O4/c1-6(13)11-7-3-4-9(16-2)8(5-7)10(14)12-15/h3-5,10,12,14-15H,1-2H3,(H,11,13). The Labute approximate surface area is 92.8 Å². The molecule has 1 aromatic rings. The van der Waals surface area contributed by atoms with Crippen LogP contribution in [0.3, 0.4) is 0 Å². The van der Waals surface area contributed by atoms with E-state index in [2.05, 4.69) is 5.32 Å². The maximum Gasteiger partial charge on any atom is 0.221 e. The number of carbonyl (C=O) groups excluding carboxylic acids is 1. The summed E-state index contributed by atoms with van der Waals surface area (Å²) in [5, 5.41) is 20.6. The Kier molecular flexibility index (Phi) is 4.24. The highest BCUT2D eigenvalue weighted by Crippen LogP contribution is 2.26. The lowest BCUT2D eigenvalue weighted by molar-refractivity contribution is -0.114. The van der Waals surface area contributed by atoms with Crippen LogP contribution < -0.4 is 15.5 Å². The molecular formula is C10H14N2O4. The molecule has 1 amide bonds. The van der Waals surface area contributed by atoms with Crippen molar-refractivity contribution in [1.82, 2.24) is 5.48 Å². The lowest BCUT2D eigenvalue weighted by Crippen LogP contribution is -2.17. The Morgan fingerprint density at radius 1 is 1.50 bits per heavy atom. The molecule has 1 atom stereocenters. The van der Waals surface area contributed by atoms with Gasteiger partial charge in [0, 0.05) is 18.2 Å². The van der Waals surface area contributed by atoms with Crippen molar-refractivity contribution in [3.8, 4) is 5.75 Å². The van der Waals surface area contributed by atoms with E-state index in [9.17, 15) is 9.90 Å². The average Bonchev–Trinajstić information content (AvgIpc) is 2.27. The molecule has 1 rings (SSSR count). The summed E-state index contributed by atoms with van der Waals surface area (Å²) < 4.78 is 5.00. The van der Waals surface area contributed by atoms with Gasteiger partial charge in [0.05, 0.1) is 7.11 Å². The fraction of sp³-hybridized carbons (Fsp3) is 0.300. The van der Waals surface area contributed by atoms with Crippen molar-refractivity contribution in [3.05, 3.63) is 23.8 Å². The van der Waals surface area contributed by atoms with E-state index < -0.39 is 6.23 Å². The zero-order valence-electron chi connectivity index (χ0n) is 9.02. The van der Waals surface area contributed by atoms with Crippen molar-refractivity contribution in [1.29, 1.82) is 0 Å². The number of methoxy groups -OCH3 is 1. The van der Waals surface area contributed by atoms with Crippen LogP contribution in [0.2, 0.25) is 0 Å². The van der Waals surface area contributed by atoms with Crippen LogP contribution in [0.5, 0.6) is 5.75 Å². The second kappa shape index (κ2) is 5.45. The predicted molar refractivity (Wildman–Crippen MR) is 57.2 cm³/mol. The van der Waals surface area contributed by atoms with Crippen molar-refractivity contribution < 1.29 is 19.8 Å². The molecular weight excluding hydrogens is 212 g/mol. The third-order valence-electron chi connectivity index (χ3n) is 1.97. The van der Waals surface area contributed by atoms with E-state index in [1.54, 1.807) is 17.6 Å². The molecule has 0 heterocycles. The number of amides is 1. The minimum Gasteiger partial charge on any atom is -0.496 e. The molecule has 0 fully saturated rings. The van der Waals surface area contributed by atoms with Gasteiger partial charge in [-0.15, -0.1) is 0 Å². The minimum atomic E-state index is -1.27. The van der Waals surface area contributed by atoms with Crippen LogP contribution in [0.15, 0.2) is 18.2 Å². The van der Waals surface area contributed by atoms with E-state index in [-0.39, 0.29) is 5.91 Å². The second-order valence-electron chi connectivity index (χ2n) is 3.17. The van der Waals surface area contributed by atoms with Crippen LogP contribution in [0.4, 0.5) is 5.69 Å². The normalized spacial score (nSPS) is 12.0. The summed E-state index contributed by atoms with van der Waals surface area (Å²) in [5.74, 6) is 0.186. The van der Waals surface area contributed by atoms with Crippen LogP contribution in [0.25, 0.3) is 0 Å². The molecule has 0 saturated heterocycles. The van der Waals surface area contributed by atoms with E-state index in [1.807, 2.05) is 0 Å². The van der Waals surface area contributed by atoms with E-state index in [1.165, 1.54) is 20.1 Å². The highest BCUT2D eigenvalue weighted by molar-refractivity contribution is 5.88. The number of rotatable bonds is 4. The van der Waals surface area contributed by atoms with Crippen molar-refractivity contribution in [2.45, 2.75) is 13.2 Å². The minimum absolute atomic E-state index is 0.220. The molecule has 0 bridgehead atoms. The molecule has 6 nitrogen and oxygen atoms in total. The Bertz CT molecular complexity index is 381. The lowest BCUT2D eigenvalue weighted by atomic mass is 10.1. The first-order chi connectivity index (χ1) is 7.58. The van der Waals surface area contributed by atoms with Gasteiger partial charge in [-0.05, 0) is 18.2 Å². The Balaban J connectivity index is 3.05. The van der Waals surface area contributed by atoms with Crippen molar-refractivity contribution in [2.75, 3.05) is 12.4 Å². The number of benzene rings is 1. The number of hydroxylamine groups is 1. The topological polar surface area (TPSA) is 90.8 Å². The monoisotopic (exact) mass is 226 g/mol. The zero-order chi connectivity index (χ0) is 12.1. The second-order valence-corrected chi connectivity index (χ2v) is 3.17. The fourth-order valence-corrected chi connectivity index (χ4v) is 1.30. The molecule has 88 valence electrons. The average molecular weight is 226 g/mol. The van der Waals surface area contributed by atoms with Gasteiger partial charge in [0.2, 0.25) is 5.91 Å². The maximum absolute atomic E-state index is 10.8. The summed E-state index contributed by atoms with van der Waals surface area (Å²) >= 11 is 0. The van der Waals surface area contributed by atoms with E-state index in [0.717, 1.165) is 0 Å². The molecule has 0 aromatic heterocycles. The van der Waals surface area contributed by atoms with Crippen LogP contribution in [0.1, 0.15) is 18.7 Å². The summed E-state index contributed by atoms with van der Waals surface area (Å²) in [4.78, 5) is 10.8. The van der Waals surface area contributed by atoms with Crippen molar-refractivity contribution >= 4 is 11.6 Å². The van der Waals surface area contributed by atoms with Crippen LogP contribution in [-0.2, 0) is 4.79 Å². The van der Waals surface area contributed by atoms with Crippen LogP contribution >= 0.6 is 0 Å². The number of carbonyl (C=O) groups is 1. The Hall–Kier alpha value is -1.63. The van der Waals surface area contributed by atoms with Gasteiger partial charge in [-0.2, -0.15) is 5.48 Å². The largest absolute Gasteiger partial charge is 0.496 e. The molecule has 0 aliphatic carbocycles. The van der Waals surface area contributed by atoms with Crippen LogP contribution in [0, 0.1) is 0 Å². The molecule has 6 heteroatoms. The molecule has 0 radical (unpaired) electrons. The number of nitrogens with one attached hydrogen (secondary N) is 2. The zero-order valence-corrected chi connectivity index (χ0v) is 9.02. The summed E-state index contributed by atoms with van der Waals surface area (Å²) in [5.41, 5.74) is 2.54. The molecule has 0 aliphatic heterocycles. The molecule has 0 aliphatic rings. The molecule has 4 N–H and O–H groups in total. The van der Waals surface area contributed by atoms with E-state index in [0.29, 0.717) is 17.0 Å². The first kappa shape index (κ1) is 12.4. The Morgan fingerprint density at radius 3 is 2.69 bits per heavy atom. The first-order valence-corrected chi connectivity index (χ1v) is 4.61. The number of anilines is 1. The molecule has 0 saturated carbocycles. The number of ether oxygens (including phenoxy) is 1. The van der Waals surface area contributed by atoms with Gasteiger partial charge < -0.3 is 20.4 Å². The third-order valence-corrected chi connectivity index (χ3v) is 1.97. The van der Waals surface area contributed by atoms with Crippen LogP contribution in [-0.4, -0.2) is 23.3 Å². The summed E-state index contributed by atoms with van der Waals surface area (Å²) in [6.07, 6.45) is -1.27.